The van der Waals surface area contributed by atoms with E-state index in [0.717, 1.165) is 0 Å². The van der Waals surface area contributed by atoms with Crippen LogP contribution < -0.4 is 10.1 Å². The van der Waals surface area contributed by atoms with Crippen LogP contribution >= 0.6 is 0 Å². The minimum atomic E-state index is -3.20. The molecule has 0 aromatic heterocycles. The van der Waals surface area contributed by atoms with Crippen molar-refractivity contribution in [3.8, 4) is 5.75 Å². The number of cyclic esters (lactones) is 1. The lowest BCUT2D eigenvalue weighted by atomic mass is 10.1. The molecule has 1 unspecified atom stereocenters. The number of carbonyl (C=O) groups is 1. The Balaban J connectivity index is 2.72. The number of amides is 1. The van der Waals surface area contributed by atoms with Gasteiger partial charge in [-0.05, 0) is 36.9 Å². The molecule has 0 spiro atoms. The van der Waals surface area contributed by atoms with Gasteiger partial charge in [0.25, 0.3) is 0 Å². The van der Waals surface area contributed by atoms with Crippen LogP contribution in [0.3, 0.4) is 0 Å². The van der Waals surface area contributed by atoms with E-state index in [-0.39, 0.29) is 0 Å². The summed E-state index contributed by atoms with van der Waals surface area (Å²) in [5.41, 5.74) is -2.08. The van der Waals surface area contributed by atoms with Gasteiger partial charge in [-0.3, -0.25) is 0 Å². The minimum absolute atomic E-state index is 0.658. The summed E-state index contributed by atoms with van der Waals surface area (Å²) >= 11 is 0. The van der Waals surface area contributed by atoms with Crippen LogP contribution in [0.1, 0.15) is 27.6 Å². The molecule has 1 amide bonds. The van der Waals surface area contributed by atoms with E-state index in [2.05, 4.69) is 4.74 Å². The number of hydrogen-bond donors (Lipinski definition) is 1. The number of ether oxygens (including phenoxy) is 2. The molecule has 1 atom stereocenters. The predicted octanol–water partition coefficient (Wildman–Crippen LogP) is 1.79. The van der Waals surface area contributed by atoms with Gasteiger partial charge in [0.2, 0.25) is 0 Å². The van der Waals surface area contributed by atoms with Crippen LogP contribution in [0.25, 0.3) is 0 Å². The third-order valence-corrected chi connectivity index (χ3v) is 1.60. The summed E-state index contributed by atoms with van der Waals surface area (Å²) in [6.07, 6.45) is -3.77. The van der Waals surface area contributed by atoms with Crippen LogP contribution in [0.4, 0.5) is 4.79 Å². The molecule has 16 heavy (non-hydrogen) atoms. The Kier molecular flexibility index (Phi) is 0.938. The van der Waals surface area contributed by atoms with Gasteiger partial charge in [-0.15, -0.1) is 0 Å². The molecule has 0 saturated carbocycles. The van der Waals surface area contributed by atoms with Crippen molar-refractivity contribution in [1.29, 1.82) is 0 Å². The summed E-state index contributed by atoms with van der Waals surface area (Å²) in [7, 11) is 0. The molecule has 1 aromatic rings. The molecular weight excluding hydrogens is 206 g/mol. The fourth-order valence-corrected chi connectivity index (χ4v) is 0.998. The summed E-state index contributed by atoms with van der Waals surface area (Å²) in [6, 6.07) is -3.25. The average Bonchev–Trinajstić information content (AvgIpc) is 2.81. The maximum Gasteiger partial charge on any atom is 0.407 e. The van der Waals surface area contributed by atoms with Crippen molar-refractivity contribution < 1.29 is 30.7 Å². The molecule has 1 saturated heterocycles. The van der Waals surface area contributed by atoms with Gasteiger partial charge in [0.05, 0.1) is 14.8 Å². The second-order valence-electron chi connectivity index (χ2n) is 2.82. The summed E-state index contributed by atoms with van der Waals surface area (Å²) in [5, 5.41) is 2.04. The fourth-order valence-electron chi connectivity index (χ4n) is 0.998. The zero-order valence-electron chi connectivity index (χ0n) is 19.9. The van der Waals surface area contributed by atoms with Crippen LogP contribution in [0, 0.1) is 13.7 Å². The van der Waals surface area contributed by atoms with Gasteiger partial charge < -0.3 is 14.8 Å². The summed E-state index contributed by atoms with van der Waals surface area (Å²) in [6.45, 7) is -10.1. The molecule has 1 N–H and O–H groups in total. The van der Waals surface area contributed by atoms with Gasteiger partial charge in [-0.25, -0.2) is 4.79 Å². The highest BCUT2D eigenvalue weighted by Crippen LogP contribution is 2.16. The highest BCUT2D eigenvalue weighted by atomic mass is 16.6. The number of hydrogen-bond acceptors (Lipinski definition) is 3. The number of carbonyl (C=O) groups excluding carboxylic acids is 1. The van der Waals surface area contributed by atoms with E-state index in [1.165, 1.54) is 0 Å². The first-order valence-corrected chi connectivity index (χ1v) is 4.23. The third-order valence-electron chi connectivity index (χ3n) is 1.60. The number of alkyl carbamates (subject to hydrolysis) is 1. The molecule has 1 aliphatic heterocycles. The van der Waals surface area contributed by atoms with Crippen LogP contribution in [0.15, 0.2) is 18.1 Å². The SMILES string of the molecule is [2H]c1c(OC([2H])([2H])C2([2H])CNC(=O)O2)c([2H])c(C([2H])([2H])[2H])c([2H])c1C([2H])([2H])[2H]. The highest BCUT2D eigenvalue weighted by molar-refractivity contribution is 5.69. The normalized spacial score (nSPS) is 37.1. The second-order valence-corrected chi connectivity index (χ2v) is 2.82. The largest absolute Gasteiger partial charge is 0.490 e. The Morgan fingerprint density at radius 3 is 3.00 bits per heavy atom. The van der Waals surface area contributed by atoms with E-state index in [1.54, 1.807) is 0 Å². The average molecular weight is 233 g/mol. The van der Waals surface area contributed by atoms with E-state index in [1.807, 2.05) is 5.32 Å². The van der Waals surface area contributed by atoms with Gasteiger partial charge in [0.15, 0.2) is 6.08 Å². The zero-order valence-corrected chi connectivity index (χ0v) is 7.93. The Morgan fingerprint density at radius 1 is 1.69 bits per heavy atom. The van der Waals surface area contributed by atoms with Crippen molar-refractivity contribution in [2.24, 2.45) is 0 Å². The molecule has 0 aliphatic carbocycles. The molecule has 2 rings (SSSR count). The van der Waals surface area contributed by atoms with Crippen molar-refractivity contribution in [2.45, 2.75) is 19.8 Å². The van der Waals surface area contributed by atoms with Crippen molar-refractivity contribution in [3.05, 3.63) is 29.3 Å². The molecule has 1 aromatic carbocycles. The molecule has 1 aliphatic rings. The Bertz CT molecular complexity index is 777. The van der Waals surface area contributed by atoms with Gasteiger partial charge in [-0.1, -0.05) is 6.04 Å². The predicted molar refractivity (Wildman–Crippen MR) is 59.7 cm³/mol. The third kappa shape index (κ3) is 2.66. The zero-order chi connectivity index (χ0) is 21.9. The topological polar surface area (TPSA) is 47.6 Å². The smallest absolute Gasteiger partial charge is 0.407 e. The lowest BCUT2D eigenvalue weighted by Gasteiger charge is -2.11. The molecule has 1 fully saturated rings. The Labute approximate surface area is 111 Å². The Hall–Kier alpha value is -1.71. The minimum Gasteiger partial charge on any atom is -0.490 e. The van der Waals surface area contributed by atoms with E-state index in [0.29, 0.717) is 0 Å². The Morgan fingerprint density at radius 2 is 2.44 bits per heavy atom. The van der Waals surface area contributed by atoms with E-state index < -0.39 is 74.0 Å². The first-order valence-electron chi connectivity index (χ1n) is 10.2. The van der Waals surface area contributed by atoms with Gasteiger partial charge in [-0.2, -0.15) is 0 Å². The summed E-state index contributed by atoms with van der Waals surface area (Å²) in [4.78, 5) is 11.2. The fraction of sp³-hybridized carbons (Fsp3) is 0.417. The van der Waals surface area contributed by atoms with Crippen LogP contribution in [0.5, 0.6) is 5.75 Å². The molecule has 1 heterocycles. The molecular formula is C12H15NO3. The maximum absolute atomic E-state index is 11.2. The van der Waals surface area contributed by atoms with Crippen molar-refractivity contribution >= 4 is 6.09 Å². The van der Waals surface area contributed by atoms with Crippen LogP contribution in [-0.2, 0) is 4.74 Å². The lowest BCUT2D eigenvalue weighted by Crippen LogP contribution is -2.21. The van der Waals surface area contributed by atoms with Gasteiger partial charge in [0.1, 0.15) is 12.3 Å². The van der Waals surface area contributed by atoms with Crippen LogP contribution in [0.2, 0.25) is 0 Å². The monoisotopic (exact) mass is 233 g/mol. The number of rotatable bonds is 3. The summed E-state index contributed by atoms with van der Waals surface area (Å²) in [5.74, 6) is -1.09. The molecule has 4 nitrogen and oxygen atoms in total. The quantitative estimate of drug-likeness (QED) is 0.866. The van der Waals surface area contributed by atoms with Gasteiger partial charge in [0, 0.05) is 8.22 Å². The second kappa shape index (κ2) is 4.43. The molecule has 0 bridgehead atoms. The molecule has 86 valence electrons. The van der Waals surface area contributed by atoms with Crippen LogP contribution in [-0.4, -0.2) is 25.3 Å². The molecule has 0 radical (unpaired) electrons. The maximum atomic E-state index is 11.2. The lowest BCUT2D eigenvalue weighted by molar-refractivity contribution is 0.105. The van der Waals surface area contributed by atoms with Crippen molar-refractivity contribution in [2.75, 3.05) is 13.1 Å². The first kappa shape index (κ1) is 3.39. The standard InChI is InChI=1S/C12H15NO3/c1-8-3-9(2)5-10(4-8)15-7-11-6-13-12(14)16-11/h3-5,11H,6-7H2,1-2H3,(H,13,14)/i1D3,2D3,3D,4D,5D,7D2,11D. The van der Waals surface area contributed by atoms with Crippen molar-refractivity contribution in [1.82, 2.24) is 5.32 Å². The van der Waals surface area contributed by atoms with E-state index in [9.17, 15) is 4.79 Å². The molecule has 4 heteroatoms. The highest BCUT2D eigenvalue weighted by Gasteiger charge is 2.22. The van der Waals surface area contributed by atoms with E-state index >= 15 is 0 Å². The van der Waals surface area contributed by atoms with E-state index in [4.69, 9.17) is 21.2 Å². The number of nitrogens with one attached hydrogen (secondary N) is 1. The summed E-state index contributed by atoms with van der Waals surface area (Å²) < 4.78 is 102. The number of benzene rings is 1. The van der Waals surface area contributed by atoms with Gasteiger partial charge >= 0.3 is 6.09 Å². The van der Waals surface area contributed by atoms with Crippen molar-refractivity contribution in [3.63, 3.8) is 0 Å². The first-order chi connectivity index (χ1) is 12.4.